The summed E-state index contributed by atoms with van der Waals surface area (Å²) in [5.41, 5.74) is 7.54. The molecule has 1 aliphatic carbocycles. The highest BCUT2D eigenvalue weighted by Crippen LogP contribution is 2.36. The van der Waals surface area contributed by atoms with Crippen LogP contribution in [0.5, 0.6) is 0 Å². The zero-order valence-corrected chi connectivity index (χ0v) is 12.1. The van der Waals surface area contributed by atoms with E-state index in [2.05, 4.69) is 4.90 Å². The Kier molecular flexibility index (Phi) is 3.95. The minimum atomic E-state index is 0.264. The summed E-state index contributed by atoms with van der Waals surface area (Å²) in [6, 6.07) is 7.68. The average molecular weight is 272 g/mol. The first-order valence-corrected chi connectivity index (χ1v) is 7.84. The van der Waals surface area contributed by atoms with E-state index in [1.165, 1.54) is 32.1 Å². The Morgan fingerprint density at radius 3 is 2.80 bits per heavy atom. The van der Waals surface area contributed by atoms with E-state index in [0.717, 1.165) is 36.2 Å². The molecule has 0 bridgehead atoms. The van der Waals surface area contributed by atoms with E-state index < -0.39 is 0 Å². The molecule has 3 nitrogen and oxygen atoms in total. The summed E-state index contributed by atoms with van der Waals surface area (Å²) in [5.74, 6) is 1.89. The molecule has 0 spiro atoms. The van der Waals surface area contributed by atoms with Crippen molar-refractivity contribution in [2.45, 2.75) is 38.5 Å². The van der Waals surface area contributed by atoms with E-state index in [0.29, 0.717) is 6.42 Å². The number of likely N-dealkylation sites (tertiary alicyclic amines) is 1. The number of carbonyl (C=O) groups is 1. The zero-order valence-electron chi connectivity index (χ0n) is 12.1. The summed E-state index contributed by atoms with van der Waals surface area (Å²) in [4.78, 5) is 14.5. The van der Waals surface area contributed by atoms with Crippen molar-refractivity contribution < 1.29 is 4.79 Å². The molecule has 1 saturated heterocycles. The molecule has 1 aliphatic heterocycles. The van der Waals surface area contributed by atoms with E-state index in [-0.39, 0.29) is 5.91 Å². The number of anilines is 1. The lowest BCUT2D eigenvalue weighted by molar-refractivity contribution is -0.133. The number of amides is 1. The minimum Gasteiger partial charge on any atom is -0.399 e. The van der Waals surface area contributed by atoms with Gasteiger partial charge in [0, 0.05) is 18.8 Å². The third-order valence-corrected chi connectivity index (χ3v) is 4.95. The normalized spacial score (nSPS) is 26.1. The summed E-state index contributed by atoms with van der Waals surface area (Å²) in [6.07, 6.45) is 7.11. The molecule has 1 aromatic rings. The summed E-state index contributed by atoms with van der Waals surface area (Å²) < 4.78 is 0. The van der Waals surface area contributed by atoms with Gasteiger partial charge in [-0.3, -0.25) is 4.79 Å². The van der Waals surface area contributed by atoms with Gasteiger partial charge in [0.15, 0.2) is 0 Å². The molecule has 3 heteroatoms. The van der Waals surface area contributed by atoms with E-state index in [9.17, 15) is 4.79 Å². The van der Waals surface area contributed by atoms with Gasteiger partial charge in [0.2, 0.25) is 5.91 Å². The number of nitrogens with zero attached hydrogens (tertiary/aromatic N) is 1. The van der Waals surface area contributed by atoms with Crippen LogP contribution in [0.4, 0.5) is 5.69 Å². The van der Waals surface area contributed by atoms with Crippen molar-refractivity contribution in [3.63, 3.8) is 0 Å². The quantitative estimate of drug-likeness (QED) is 0.841. The predicted molar refractivity (Wildman–Crippen MR) is 81.2 cm³/mol. The van der Waals surface area contributed by atoms with Crippen molar-refractivity contribution in [2.75, 3.05) is 18.8 Å². The Bertz CT molecular complexity index is 486. The van der Waals surface area contributed by atoms with Crippen LogP contribution in [0.3, 0.4) is 0 Å². The summed E-state index contributed by atoms with van der Waals surface area (Å²) in [6.45, 7) is 1.92. The van der Waals surface area contributed by atoms with Crippen LogP contribution in [0, 0.1) is 11.8 Å². The smallest absolute Gasteiger partial charge is 0.227 e. The average Bonchev–Trinajstić information content (AvgIpc) is 2.47. The molecule has 2 N–H and O–H groups in total. The van der Waals surface area contributed by atoms with Gasteiger partial charge < -0.3 is 10.6 Å². The van der Waals surface area contributed by atoms with Crippen molar-refractivity contribution in [3.8, 4) is 0 Å². The van der Waals surface area contributed by atoms with Gasteiger partial charge in [-0.05, 0) is 42.4 Å². The molecule has 3 rings (SSSR count). The van der Waals surface area contributed by atoms with Gasteiger partial charge in [-0.15, -0.1) is 0 Å². The van der Waals surface area contributed by atoms with Gasteiger partial charge in [0.25, 0.3) is 0 Å². The molecule has 2 atom stereocenters. The second-order valence-corrected chi connectivity index (χ2v) is 6.35. The molecule has 1 saturated carbocycles. The topological polar surface area (TPSA) is 46.3 Å². The number of nitrogens with two attached hydrogens (primary N) is 1. The first-order chi connectivity index (χ1) is 9.72. The van der Waals surface area contributed by atoms with Gasteiger partial charge in [0.05, 0.1) is 6.42 Å². The Balaban J connectivity index is 1.60. The van der Waals surface area contributed by atoms with Gasteiger partial charge in [-0.25, -0.2) is 0 Å². The molecule has 1 heterocycles. The van der Waals surface area contributed by atoms with Gasteiger partial charge in [0.1, 0.15) is 0 Å². The molecular weight excluding hydrogens is 248 g/mol. The van der Waals surface area contributed by atoms with Gasteiger partial charge >= 0.3 is 0 Å². The lowest BCUT2D eigenvalue weighted by Gasteiger charge is -2.41. The van der Waals surface area contributed by atoms with Crippen molar-refractivity contribution in [1.29, 1.82) is 0 Å². The molecule has 0 aromatic heterocycles. The van der Waals surface area contributed by atoms with E-state index in [4.69, 9.17) is 5.73 Å². The van der Waals surface area contributed by atoms with Crippen molar-refractivity contribution in [2.24, 2.45) is 11.8 Å². The predicted octanol–water partition coefficient (Wildman–Crippen LogP) is 2.85. The van der Waals surface area contributed by atoms with Crippen LogP contribution in [0.1, 0.15) is 37.7 Å². The second-order valence-electron chi connectivity index (χ2n) is 6.35. The van der Waals surface area contributed by atoms with Gasteiger partial charge in [-0.1, -0.05) is 31.4 Å². The van der Waals surface area contributed by atoms with E-state index in [1.807, 2.05) is 24.3 Å². The number of carbonyl (C=O) groups excluding carboxylic acids is 1. The highest BCUT2D eigenvalue weighted by molar-refractivity contribution is 5.79. The fourth-order valence-electron chi connectivity index (χ4n) is 3.82. The molecular formula is C17H24N2O. The molecule has 2 unspecified atom stereocenters. The number of hydrogen-bond acceptors (Lipinski definition) is 2. The number of fused-ring (bicyclic) bond motifs is 1. The zero-order chi connectivity index (χ0) is 13.9. The lowest BCUT2D eigenvalue weighted by atomic mass is 9.75. The SMILES string of the molecule is Nc1cccc(CC(=O)N2CCC3CCCCC3C2)c1. The number of nitrogen functional groups attached to an aromatic ring is 1. The minimum absolute atomic E-state index is 0.264. The summed E-state index contributed by atoms with van der Waals surface area (Å²) in [5, 5.41) is 0. The first kappa shape index (κ1) is 13.5. The van der Waals surface area contributed by atoms with E-state index >= 15 is 0 Å². The molecule has 2 fully saturated rings. The summed E-state index contributed by atoms with van der Waals surface area (Å²) in [7, 11) is 0. The summed E-state index contributed by atoms with van der Waals surface area (Å²) >= 11 is 0. The molecule has 108 valence electrons. The van der Waals surface area contributed by atoms with Crippen LogP contribution in [-0.4, -0.2) is 23.9 Å². The van der Waals surface area contributed by atoms with Crippen molar-refractivity contribution in [3.05, 3.63) is 29.8 Å². The number of piperidine rings is 1. The molecule has 1 aromatic carbocycles. The van der Waals surface area contributed by atoms with Crippen LogP contribution in [-0.2, 0) is 11.2 Å². The maximum atomic E-state index is 12.4. The van der Waals surface area contributed by atoms with Crippen LogP contribution in [0.15, 0.2) is 24.3 Å². The first-order valence-electron chi connectivity index (χ1n) is 7.84. The fraction of sp³-hybridized carbons (Fsp3) is 0.588. The third kappa shape index (κ3) is 2.97. The highest BCUT2D eigenvalue weighted by Gasteiger charge is 2.32. The Morgan fingerprint density at radius 2 is 2.00 bits per heavy atom. The third-order valence-electron chi connectivity index (χ3n) is 4.95. The monoisotopic (exact) mass is 272 g/mol. The molecule has 0 radical (unpaired) electrons. The highest BCUT2D eigenvalue weighted by atomic mass is 16.2. The second kappa shape index (κ2) is 5.86. The molecule has 1 amide bonds. The number of hydrogen-bond donors (Lipinski definition) is 1. The number of rotatable bonds is 2. The van der Waals surface area contributed by atoms with Crippen LogP contribution in [0.25, 0.3) is 0 Å². The standard InChI is InChI=1S/C17H24N2O/c18-16-7-3-4-13(10-16)11-17(20)19-9-8-14-5-1-2-6-15(14)12-19/h3-4,7,10,14-15H,1-2,5-6,8-9,11-12,18H2. The maximum Gasteiger partial charge on any atom is 0.227 e. The molecule has 20 heavy (non-hydrogen) atoms. The van der Waals surface area contributed by atoms with Crippen LogP contribution in [0.2, 0.25) is 0 Å². The fourth-order valence-corrected chi connectivity index (χ4v) is 3.82. The lowest BCUT2D eigenvalue weighted by Crippen LogP contribution is -2.45. The van der Waals surface area contributed by atoms with Crippen LogP contribution >= 0.6 is 0 Å². The largest absolute Gasteiger partial charge is 0.399 e. The van der Waals surface area contributed by atoms with Gasteiger partial charge in [-0.2, -0.15) is 0 Å². The van der Waals surface area contributed by atoms with E-state index in [1.54, 1.807) is 0 Å². The Labute approximate surface area is 121 Å². The van der Waals surface area contributed by atoms with Crippen LogP contribution < -0.4 is 5.73 Å². The van der Waals surface area contributed by atoms with Crippen molar-refractivity contribution in [1.82, 2.24) is 4.90 Å². The Hall–Kier alpha value is -1.51. The number of benzene rings is 1. The Morgan fingerprint density at radius 1 is 1.20 bits per heavy atom. The molecule has 2 aliphatic rings. The van der Waals surface area contributed by atoms with Crippen molar-refractivity contribution >= 4 is 11.6 Å². The maximum absolute atomic E-state index is 12.4.